The number of ether oxygens (including phenoxy) is 2. The molecule has 3 heterocycles. The lowest BCUT2D eigenvalue weighted by Gasteiger charge is -2.35. The molecule has 0 radical (unpaired) electrons. The maximum absolute atomic E-state index is 12.8. The highest BCUT2D eigenvalue weighted by Crippen LogP contribution is 2.36. The van der Waals surface area contributed by atoms with E-state index in [1.165, 1.54) is 14.2 Å². The fourth-order valence-electron chi connectivity index (χ4n) is 3.40. The van der Waals surface area contributed by atoms with E-state index in [4.69, 9.17) is 21.1 Å². The van der Waals surface area contributed by atoms with Crippen LogP contribution in [0.2, 0.25) is 5.02 Å². The molecule has 1 saturated heterocycles. The summed E-state index contributed by atoms with van der Waals surface area (Å²) in [5.41, 5.74) is 0.493. The van der Waals surface area contributed by atoms with Crippen molar-refractivity contribution in [1.82, 2.24) is 19.7 Å². The minimum Gasteiger partial charge on any atom is -0.495 e. The maximum Gasteiger partial charge on any atom is 0.322 e. The molecule has 3 aromatic rings. The average Bonchev–Trinajstić information content (AvgIpc) is 3.34. The lowest BCUT2D eigenvalue weighted by molar-refractivity contribution is 0.208. The second kappa shape index (κ2) is 9.13. The van der Waals surface area contributed by atoms with Gasteiger partial charge in [-0.3, -0.25) is 0 Å². The molecule has 2 aromatic heterocycles. The molecule has 1 aromatic carbocycles. The summed E-state index contributed by atoms with van der Waals surface area (Å²) < 4.78 is 12.4. The molecule has 162 valence electrons. The van der Waals surface area contributed by atoms with Crippen LogP contribution in [-0.2, 0) is 0 Å². The van der Waals surface area contributed by atoms with Crippen LogP contribution in [0.25, 0.3) is 5.82 Å². The highest BCUT2D eigenvalue weighted by molar-refractivity contribution is 6.32. The number of methoxy groups -OCH3 is 2. The van der Waals surface area contributed by atoms with Crippen LogP contribution in [0.4, 0.5) is 16.3 Å². The summed E-state index contributed by atoms with van der Waals surface area (Å²) in [6.07, 6.45) is 3.85. The molecule has 10 heteroatoms. The van der Waals surface area contributed by atoms with E-state index in [-0.39, 0.29) is 6.03 Å². The first-order valence-corrected chi connectivity index (χ1v) is 10.2. The number of carbonyl (C=O) groups excluding carboxylic acids is 1. The van der Waals surface area contributed by atoms with E-state index in [0.717, 1.165) is 11.6 Å². The molecule has 0 unspecified atom stereocenters. The summed E-state index contributed by atoms with van der Waals surface area (Å²) in [7, 11) is 3.05. The lowest BCUT2D eigenvalue weighted by Crippen LogP contribution is -2.50. The largest absolute Gasteiger partial charge is 0.495 e. The fourth-order valence-corrected chi connectivity index (χ4v) is 3.64. The van der Waals surface area contributed by atoms with Gasteiger partial charge in [-0.05, 0) is 30.3 Å². The number of halogens is 1. The molecule has 1 aliphatic rings. The van der Waals surface area contributed by atoms with Crippen molar-refractivity contribution >= 4 is 29.1 Å². The standard InChI is InChI=1S/C21H23ClN6O3/c1-30-17-14-18(31-2)16(13-15(17)22)23-21(29)28-11-9-27(10-12-28)20-6-5-19(24-25-20)26-7-3-4-8-26/h3-8,13-14H,9-12H2,1-2H3,(H,23,29). The van der Waals surface area contributed by atoms with Crippen molar-refractivity contribution in [1.29, 1.82) is 0 Å². The minimum atomic E-state index is -0.215. The van der Waals surface area contributed by atoms with Crippen LogP contribution in [0.15, 0.2) is 48.8 Å². The molecule has 0 saturated carbocycles. The number of anilines is 2. The van der Waals surface area contributed by atoms with Gasteiger partial charge in [-0.25, -0.2) is 4.79 Å². The van der Waals surface area contributed by atoms with Gasteiger partial charge in [0, 0.05) is 44.6 Å². The molecule has 0 spiro atoms. The number of rotatable bonds is 5. The Morgan fingerprint density at radius 1 is 0.968 bits per heavy atom. The van der Waals surface area contributed by atoms with Gasteiger partial charge in [0.1, 0.15) is 11.5 Å². The van der Waals surface area contributed by atoms with Gasteiger partial charge in [0.05, 0.1) is 24.9 Å². The Kier molecular flexibility index (Phi) is 6.13. The molecular formula is C21H23ClN6O3. The van der Waals surface area contributed by atoms with Crippen molar-refractivity contribution in [2.24, 2.45) is 0 Å². The first-order valence-electron chi connectivity index (χ1n) is 9.78. The smallest absolute Gasteiger partial charge is 0.322 e. The molecule has 0 atom stereocenters. The van der Waals surface area contributed by atoms with Crippen LogP contribution in [-0.4, -0.2) is 66.1 Å². The van der Waals surface area contributed by atoms with Gasteiger partial charge >= 0.3 is 6.03 Å². The van der Waals surface area contributed by atoms with Gasteiger partial charge in [0.2, 0.25) is 0 Å². The molecular weight excluding hydrogens is 420 g/mol. The third kappa shape index (κ3) is 4.51. The molecule has 1 aliphatic heterocycles. The maximum atomic E-state index is 12.8. The molecule has 9 nitrogen and oxygen atoms in total. The summed E-state index contributed by atoms with van der Waals surface area (Å²) in [5.74, 6) is 2.51. The molecule has 31 heavy (non-hydrogen) atoms. The number of piperazine rings is 1. The zero-order valence-electron chi connectivity index (χ0n) is 17.3. The van der Waals surface area contributed by atoms with Crippen molar-refractivity contribution < 1.29 is 14.3 Å². The zero-order valence-corrected chi connectivity index (χ0v) is 18.0. The van der Waals surface area contributed by atoms with Crippen LogP contribution in [0, 0.1) is 0 Å². The zero-order chi connectivity index (χ0) is 21.8. The van der Waals surface area contributed by atoms with Gasteiger partial charge in [-0.1, -0.05) is 11.6 Å². The number of hydrogen-bond donors (Lipinski definition) is 1. The summed E-state index contributed by atoms with van der Waals surface area (Å²) >= 11 is 6.19. The van der Waals surface area contributed by atoms with Crippen molar-refractivity contribution in [2.75, 3.05) is 50.6 Å². The SMILES string of the molecule is COc1cc(OC)c(NC(=O)N2CCN(c3ccc(-n4cccc4)nn3)CC2)cc1Cl. The van der Waals surface area contributed by atoms with E-state index < -0.39 is 0 Å². The van der Waals surface area contributed by atoms with Gasteiger partial charge in [-0.15, -0.1) is 10.2 Å². The predicted molar refractivity (Wildman–Crippen MR) is 119 cm³/mol. The van der Waals surface area contributed by atoms with Crippen LogP contribution in [0.1, 0.15) is 0 Å². The lowest BCUT2D eigenvalue weighted by atomic mass is 10.2. The number of amides is 2. The monoisotopic (exact) mass is 442 g/mol. The fraction of sp³-hybridized carbons (Fsp3) is 0.286. The Labute approximate surface area is 185 Å². The van der Waals surface area contributed by atoms with Crippen LogP contribution >= 0.6 is 11.6 Å². The third-order valence-electron chi connectivity index (χ3n) is 5.11. The molecule has 1 fully saturated rings. The Morgan fingerprint density at radius 3 is 2.23 bits per heavy atom. The van der Waals surface area contributed by atoms with E-state index in [2.05, 4.69) is 20.4 Å². The van der Waals surface area contributed by atoms with E-state index in [1.807, 2.05) is 41.2 Å². The quantitative estimate of drug-likeness (QED) is 0.652. The number of nitrogens with one attached hydrogen (secondary N) is 1. The Balaban J connectivity index is 1.36. The number of aromatic nitrogens is 3. The first-order chi connectivity index (χ1) is 15.1. The Bertz CT molecular complexity index is 1030. The van der Waals surface area contributed by atoms with E-state index in [1.54, 1.807) is 17.0 Å². The highest BCUT2D eigenvalue weighted by atomic mass is 35.5. The van der Waals surface area contributed by atoms with Gasteiger partial charge in [-0.2, -0.15) is 0 Å². The highest BCUT2D eigenvalue weighted by Gasteiger charge is 2.23. The number of benzene rings is 1. The molecule has 0 bridgehead atoms. The molecule has 4 rings (SSSR count). The Hall–Kier alpha value is -3.46. The summed E-state index contributed by atoms with van der Waals surface area (Å²) in [6, 6.07) is 10.8. The second-order valence-electron chi connectivity index (χ2n) is 6.93. The van der Waals surface area contributed by atoms with Crippen molar-refractivity contribution in [3.63, 3.8) is 0 Å². The number of urea groups is 1. The van der Waals surface area contributed by atoms with Gasteiger partial charge in [0.15, 0.2) is 11.6 Å². The first kappa shape index (κ1) is 20.8. The van der Waals surface area contributed by atoms with Crippen LogP contribution < -0.4 is 19.7 Å². The summed E-state index contributed by atoms with van der Waals surface area (Å²) in [5, 5.41) is 11.9. The topological polar surface area (TPSA) is 84.8 Å². The minimum absolute atomic E-state index is 0.215. The van der Waals surface area contributed by atoms with Crippen molar-refractivity contribution in [3.8, 4) is 17.3 Å². The van der Waals surface area contributed by atoms with Crippen molar-refractivity contribution in [2.45, 2.75) is 0 Å². The van der Waals surface area contributed by atoms with E-state index in [9.17, 15) is 4.79 Å². The molecule has 1 N–H and O–H groups in total. The third-order valence-corrected chi connectivity index (χ3v) is 5.41. The Morgan fingerprint density at radius 2 is 1.61 bits per heavy atom. The number of carbonyl (C=O) groups is 1. The second-order valence-corrected chi connectivity index (χ2v) is 7.34. The normalized spacial score (nSPS) is 13.8. The molecule has 0 aliphatic carbocycles. The van der Waals surface area contributed by atoms with E-state index >= 15 is 0 Å². The molecule has 2 amide bonds. The van der Waals surface area contributed by atoms with Crippen LogP contribution in [0.3, 0.4) is 0 Å². The average molecular weight is 443 g/mol. The van der Waals surface area contributed by atoms with E-state index in [0.29, 0.717) is 48.4 Å². The predicted octanol–water partition coefficient (Wildman–Crippen LogP) is 3.29. The number of nitrogens with zero attached hydrogens (tertiary/aromatic N) is 5. The van der Waals surface area contributed by atoms with Gasteiger partial charge < -0.3 is 29.2 Å². The van der Waals surface area contributed by atoms with Gasteiger partial charge in [0.25, 0.3) is 0 Å². The summed E-state index contributed by atoms with van der Waals surface area (Å²) in [4.78, 5) is 16.6. The van der Waals surface area contributed by atoms with Crippen LogP contribution in [0.5, 0.6) is 11.5 Å². The summed E-state index contributed by atoms with van der Waals surface area (Å²) in [6.45, 7) is 2.43. The van der Waals surface area contributed by atoms with Crippen molar-refractivity contribution in [3.05, 3.63) is 53.8 Å². The number of hydrogen-bond acceptors (Lipinski definition) is 6.